The first-order valence-corrected chi connectivity index (χ1v) is 10.9. The van der Waals surface area contributed by atoms with Crippen molar-refractivity contribution in [3.63, 3.8) is 0 Å². The summed E-state index contributed by atoms with van der Waals surface area (Å²) < 4.78 is 10.8. The predicted molar refractivity (Wildman–Crippen MR) is 125 cm³/mol. The highest BCUT2D eigenvalue weighted by molar-refractivity contribution is 6.46. The normalized spacial score (nSPS) is 17.7. The summed E-state index contributed by atoms with van der Waals surface area (Å²) in [6.07, 6.45) is 1.51. The quantitative estimate of drug-likeness (QED) is 0.287. The highest BCUT2D eigenvalue weighted by atomic mass is 35.5. The van der Waals surface area contributed by atoms with Crippen molar-refractivity contribution in [2.45, 2.75) is 32.4 Å². The summed E-state index contributed by atoms with van der Waals surface area (Å²) in [6.45, 7) is 4.25. The van der Waals surface area contributed by atoms with Crippen LogP contribution in [0.1, 0.15) is 48.3 Å². The SMILES string of the molecule is COc1ccc(Cl)cc1/C(O)=C1\C(=O)C(=O)N(Cc2ccco2)C1c1ccc(C(C)C)cc1. The lowest BCUT2D eigenvalue weighted by Crippen LogP contribution is -2.29. The van der Waals surface area contributed by atoms with Gasteiger partial charge >= 0.3 is 0 Å². The monoisotopic (exact) mass is 465 g/mol. The number of aliphatic hydroxyl groups is 1. The summed E-state index contributed by atoms with van der Waals surface area (Å²) in [5.41, 5.74) is 2.04. The van der Waals surface area contributed by atoms with Crippen LogP contribution in [0.25, 0.3) is 5.76 Å². The lowest BCUT2D eigenvalue weighted by molar-refractivity contribution is -0.140. The molecular formula is C26H24ClNO5. The van der Waals surface area contributed by atoms with Gasteiger partial charge in [0.05, 0.1) is 37.1 Å². The second-order valence-electron chi connectivity index (χ2n) is 8.17. The molecule has 1 N–H and O–H groups in total. The van der Waals surface area contributed by atoms with E-state index in [-0.39, 0.29) is 23.4 Å². The second-order valence-corrected chi connectivity index (χ2v) is 8.61. The molecule has 1 amide bonds. The number of hydrogen-bond acceptors (Lipinski definition) is 5. The van der Waals surface area contributed by atoms with Crippen LogP contribution in [0.4, 0.5) is 0 Å². The first kappa shape index (κ1) is 22.7. The fourth-order valence-electron chi connectivity index (χ4n) is 4.03. The van der Waals surface area contributed by atoms with E-state index in [1.165, 1.54) is 24.3 Å². The fourth-order valence-corrected chi connectivity index (χ4v) is 4.21. The van der Waals surface area contributed by atoms with Crippen LogP contribution >= 0.6 is 11.6 Å². The van der Waals surface area contributed by atoms with Gasteiger partial charge in [-0.2, -0.15) is 0 Å². The van der Waals surface area contributed by atoms with Crippen LogP contribution in [0.3, 0.4) is 0 Å². The van der Waals surface area contributed by atoms with Crippen LogP contribution in [0.15, 0.2) is 70.9 Å². The summed E-state index contributed by atoms with van der Waals surface area (Å²) in [4.78, 5) is 27.7. The van der Waals surface area contributed by atoms with Crippen LogP contribution < -0.4 is 4.74 Å². The van der Waals surface area contributed by atoms with Gasteiger partial charge in [0, 0.05) is 5.02 Å². The Labute approximate surface area is 197 Å². The number of ether oxygens (including phenoxy) is 1. The molecule has 2 aromatic carbocycles. The van der Waals surface area contributed by atoms with Gasteiger partial charge in [0.15, 0.2) is 0 Å². The van der Waals surface area contributed by atoms with E-state index in [1.807, 2.05) is 24.3 Å². The number of nitrogens with zero attached hydrogens (tertiary/aromatic N) is 1. The predicted octanol–water partition coefficient (Wildman–Crippen LogP) is 5.69. The zero-order chi connectivity index (χ0) is 23.7. The highest BCUT2D eigenvalue weighted by Gasteiger charge is 2.46. The average Bonchev–Trinajstić information content (AvgIpc) is 3.41. The number of halogens is 1. The van der Waals surface area contributed by atoms with Crippen molar-refractivity contribution in [3.05, 3.63) is 93.9 Å². The van der Waals surface area contributed by atoms with Gasteiger partial charge in [-0.25, -0.2) is 0 Å². The number of hydrogen-bond donors (Lipinski definition) is 1. The van der Waals surface area contributed by atoms with Gasteiger partial charge < -0.3 is 19.2 Å². The van der Waals surface area contributed by atoms with Gasteiger partial charge in [-0.05, 0) is 47.4 Å². The third-order valence-corrected chi connectivity index (χ3v) is 6.02. The molecule has 1 aliphatic heterocycles. The van der Waals surface area contributed by atoms with Crippen LogP contribution in [0.2, 0.25) is 5.02 Å². The number of aliphatic hydroxyl groups excluding tert-OH is 1. The minimum Gasteiger partial charge on any atom is -0.507 e. The molecular weight excluding hydrogens is 442 g/mol. The van der Waals surface area contributed by atoms with Crippen molar-refractivity contribution >= 4 is 29.1 Å². The number of furan rings is 1. The molecule has 6 nitrogen and oxygen atoms in total. The Morgan fingerprint density at radius 1 is 1.15 bits per heavy atom. The van der Waals surface area contributed by atoms with Crippen molar-refractivity contribution in [2.24, 2.45) is 0 Å². The number of likely N-dealkylation sites (tertiary alicyclic amines) is 1. The minimum absolute atomic E-state index is 0.0237. The van der Waals surface area contributed by atoms with Gasteiger partial charge in [-0.3, -0.25) is 9.59 Å². The first-order valence-electron chi connectivity index (χ1n) is 10.6. The smallest absolute Gasteiger partial charge is 0.296 e. The van der Waals surface area contributed by atoms with E-state index in [9.17, 15) is 14.7 Å². The van der Waals surface area contributed by atoms with Crippen molar-refractivity contribution in [2.75, 3.05) is 7.11 Å². The van der Waals surface area contributed by atoms with Gasteiger partial charge in [0.2, 0.25) is 0 Å². The Hall–Kier alpha value is -3.51. The lowest BCUT2D eigenvalue weighted by atomic mass is 9.93. The maximum absolute atomic E-state index is 13.2. The number of amides is 1. The zero-order valence-corrected chi connectivity index (χ0v) is 19.3. The summed E-state index contributed by atoms with van der Waals surface area (Å²) in [6, 6.07) is 15.1. The molecule has 1 unspecified atom stereocenters. The summed E-state index contributed by atoms with van der Waals surface area (Å²) in [5.74, 6) is -0.646. The fraction of sp³-hybridized carbons (Fsp3) is 0.231. The van der Waals surface area contributed by atoms with Crippen LogP contribution in [-0.2, 0) is 16.1 Å². The van der Waals surface area contributed by atoms with E-state index in [4.69, 9.17) is 20.8 Å². The van der Waals surface area contributed by atoms with Crippen LogP contribution in [0, 0.1) is 0 Å². The number of methoxy groups -OCH3 is 1. The molecule has 1 atom stereocenters. The molecule has 2 heterocycles. The van der Waals surface area contributed by atoms with Crippen molar-refractivity contribution < 1.29 is 23.8 Å². The summed E-state index contributed by atoms with van der Waals surface area (Å²) >= 11 is 6.15. The molecule has 33 heavy (non-hydrogen) atoms. The molecule has 1 fully saturated rings. The van der Waals surface area contributed by atoms with Crippen molar-refractivity contribution in [1.82, 2.24) is 4.90 Å². The molecule has 1 aromatic heterocycles. The second kappa shape index (κ2) is 9.16. The molecule has 0 aliphatic carbocycles. The van der Waals surface area contributed by atoms with Crippen molar-refractivity contribution in [3.8, 4) is 5.75 Å². The Morgan fingerprint density at radius 2 is 1.88 bits per heavy atom. The van der Waals surface area contributed by atoms with Crippen LogP contribution in [0.5, 0.6) is 5.75 Å². The maximum Gasteiger partial charge on any atom is 0.296 e. The Kier molecular flexibility index (Phi) is 6.29. The Bertz CT molecular complexity index is 1210. The molecule has 7 heteroatoms. The van der Waals surface area contributed by atoms with E-state index in [0.29, 0.717) is 28.0 Å². The third kappa shape index (κ3) is 4.26. The molecule has 1 saturated heterocycles. The van der Waals surface area contributed by atoms with Crippen molar-refractivity contribution in [1.29, 1.82) is 0 Å². The number of benzene rings is 2. The van der Waals surface area contributed by atoms with E-state index in [0.717, 1.165) is 5.56 Å². The first-order chi connectivity index (χ1) is 15.8. The maximum atomic E-state index is 13.2. The van der Waals surface area contributed by atoms with Gasteiger partial charge in [0.25, 0.3) is 11.7 Å². The largest absolute Gasteiger partial charge is 0.507 e. The highest BCUT2D eigenvalue weighted by Crippen LogP contribution is 2.42. The van der Waals surface area contributed by atoms with E-state index >= 15 is 0 Å². The Balaban J connectivity index is 1.90. The average molecular weight is 466 g/mol. The number of carbonyl (C=O) groups is 2. The molecule has 0 bridgehead atoms. The minimum atomic E-state index is -0.806. The molecule has 1 aliphatic rings. The van der Waals surface area contributed by atoms with Gasteiger partial charge in [-0.1, -0.05) is 49.7 Å². The number of Topliss-reactive ketones (excluding diaryl/α,β-unsaturated/α-hetero) is 1. The summed E-state index contributed by atoms with van der Waals surface area (Å²) in [5, 5.41) is 11.6. The number of ketones is 1. The number of carbonyl (C=O) groups excluding carboxylic acids is 2. The molecule has 0 saturated carbocycles. The van der Waals surface area contributed by atoms with E-state index < -0.39 is 17.7 Å². The topological polar surface area (TPSA) is 80.0 Å². The Morgan fingerprint density at radius 3 is 2.48 bits per heavy atom. The lowest BCUT2D eigenvalue weighted by Gasteiger charge is -2.25. The molecule has 0 radical (unpaired) electrons. The van der Waals surface area contributed by atoms with E-state index in [1.54, 1.807) is 24.3 Å². The van der Waals surface area contributed by atoms with Crippen LogP contribution in [-0.4, -0.2) is 28.8 Å². The van der Waals surface area contributed by atoms with Gasteiger partial charge in [-0.15, -0.1) is 0 Å². The molecule has 170 valence electrons. The van der Waals surface area contributed by atoms with Gasteiger partial charge in [0.1, 0.15) is 17.3 Å². The number of rotatable bonds is 6. The summed E-state index contributed by atoms with van der Waals surface area (Å²) in [7, 11) is 1.46. The zero-order valence-electron chi connectivity index (χ0n) is 18.5. The molecule has 3 aromatic rings. The third-order valence-electron chi connectivity index (χ3n) is 5.78. The molecule has 4 rings (SSSR count). The standard InChI is InChI=1S/C26H24ClNO5/c1-15(2)16-6-8-17(9-7-16)23-22(24(29)20-13-18(27)10-11-21(20)32-3)25(30)26(31)28(23)14-19-5-4-12-33-19/h4-13,15,23,29H,14H2,1-3H3/b24-22+. The van der Waals surface area contributed by atoms with E-state index in [2.05, 4.69) is 13.8 Å². The molecule has 0 spiro atoms.